The maximum absolute atomic E-state index is 11.0. The first-order valence-corrected chi connectivity index (χ1v) is 5.16. The zero-order valence-corrected chi connectivity index (χ0v) is 8.97. The predicted octanol–water partition coefficient (Wildman–Crippen LogP) is 3.09. The number of carbonyl (C=O) groups is 1. The Bertz CT molecular complexity index is 500. The molecule has 0 saturated carbocycles. The second-order valence-electron chi connectivity index (χ2n) is 3.37. The van der Waals surface area contributed by atoms with Crippen molar-refractivity contribution in [1.82, 2.24) is 0 Å². The molecule has 0 aliphatic carbocycles. The fourth-order valence-corrected chi connectivity index (χ4v) is 1.42. The van der Waals surface area contributed by atoms with E-state index < -0.39 is 0 Å². The van der Waals surface area contributed by atoms with Crippen molar-refractivity contribution in [2.45, 2.75) is 13.3 Å². The highest BCUT2D eigenvalue weighted by atomic mass is 17.2. The first kappa shape index (κ1) is 10.5. The van der Waals surface area contributed by atoms with Crippen LogP contribution in [-0.4, -0.2) is 5.97 Å². The Morgan fingerprint density at radius 3 is 2.69 bits per heavy atom. The lowest BCUT2D eigenvalue weighted by Gasteiger charge is -2.06. The van der Waals surface area contributed by atoms with Gasteiger partial charge in [0, 0.05) is 11.8 Å². The summed E-state index contributed by atoms with van der Waals surface area (Å²) in [5.74, 6) is 0.174. The lowest BCUT2D eigenvalue weighted by molar-refractivity contribution is -0.212. The minimum atomic E-state index is -0.382. The van der Waals surface area contributed by atoms with E-state index in [-0.39, 0.29) is 5.97 Å². The molecule has 0 aromatic heterocycles. The molecule has 0 aliphatic rings. The summed E-state index contributed by atoms with van der Waals surface area (Å²) in [6.07, 6.45) is 0.296. The summed E-state index contributed by atoms with van der Waals surface area (Å²) >= 11 is 0. The molecule has 82 valence electrons. The Morgan fingerprint density at radius 2 is 1.88 bits per heavy atom. The van der Waals surface area contributed by atoms with Crippen LogP contribution < -0.4 is 4.89 Å². The molecule has 0 atom stereocenters. The molecule has 0 aliphatic heterocycles. The van der Waals surface area contributed by atoms with Crippen LogP contribution in [0.15, 0.2) is 42.5 Å². The first-order chi connectivity index (χ1) is 7.81. The smallest absolute Gasteiger partial charge is 0.286 e. The second-order valence-corrected chi connectivity index (χ2v) is 3.37. The van der Waals surface area contributed by atoms with Crippen LogP contribution >= 0.6 is 0 Å². The van der Waals surface area contributed by atoms with E-state index in [9.17, 15) is 4.79 Å². The number of carbonyl (C=O) groups excluding carboxylic acids is 1. The molecule has 16 heavy (non-hydrogen) atoms. The minimum Gasteiger partial charge on any atom is -0.286 e. The van der Waals surface area contributed by atoms with Crippen molar-refractivity contribution in [2.24, 2.45) is 0 Å². The van der Waals surface area contributed by atoms with Crippen molar-refractivity contribution in [3.8, 4) is 5.75 Å². The number of hydrogen-bond acceptors (Lipinski definition) is 3. The molecule has 0 radical (unpaired) electrons. The van der Waals surface area contributed by atoms with Crippen LogP contribution in [0.3, 0.4) is 0 Å². The Morgan fingerprint density at radius 1 is 1.12 bits per heavy atom. The molecular formula is C13H12O3. The van der Waals surface area contributed by atoms with Crippen molar-refractivity contribution in [3.05, 3.63) is 42.5 Å². The van der Waals surface area contributed by atoms with Crippen LogP contribution in [0.25, 0.3) is 10.8 Å². The van der Waals surface area contributed by atoms with E-state index in [0.717, 1.165) is 10.8 Å². The number of hydrogen-bond donors (Lipinski definition) is 0. The van der Waals surface area contributed by atoms with Gasteiger partial charge < -0.3 is 0 Å². The molecule has 3 heteroatoms. The van der Waals surface area contributed by atoms with Gasteiger partial charge in [-0.25, -0.2) is 4.79 Å². The topological polar surface area (TPSA) is 35.5 Å². The molecule has 0 N–H and O–H groups in total. The normalized spacial score (nSPS) is 10.1. The van der Waals surface area contributed by atoms with Crippen LogP contribution in [0.1, 0.15) is 13.3 Å². The van der Waals surface area contributed by atoms with Gasteiger partial charge in [0.1, 0.15) is 0 Å². The van der Waals surface area contributed by atoms with E-state index in [0.29, 0.717) is 12.2 Å². The standard InChI is InChI=1S/C13H12O3/c1-2-13(14)16-15-12-9-5-7-10-6-3-4-8-11(10)12/h3-9H,2H2,1H3. The van der Waals surface area contributed by atoms with Crippen molar-refractivity contribution in [1.29, 1.82) is 0 Å². The molecule has 2 rings (SSSR count). The van der Waals surface area contributed by atoms with Gasteiger partial charge in [0.25, 0.3) is 0 Å². The third-order valence-corrected chi connectivity index (χ3v) is 2.26. The summed E-state index contributed by atoms with van der Waals surface area (Å²) in [6.45, 7) is 1.72. The largest absolute Gasteiger partial charge is 0.355 e. The van der Waals surface area contributed by atoms with Crippen LogP contribution in [-0.2, 0) is 9.68 Å². The van der Waals surface area contributed by atoms with Crippen LogP contribution in [0, 0.1) is 0 Å². The third kappa shape index (κ3) is 2.14. The van der Waals surface area contributed by atoms with Crippen molar-refractivity contribution in [2.75, 3.05) is 0 Å². The zero-order valence-electron chi connectivity index (χ0n) is 8.97. The molecule has 2 aromatic carbocycles. The highest BCUT2D eigenvalue weighted by molar-refractivity contribution is 5.88. The molecule has 0 amide bonds. The fraction of sp³-hybridized carbons (Fsp3) is 0.154. The van der Waals surface area contributed by atoms with E-state index in [2.05, 4.69) is 4.89 Å². The highest BCUT2D eigenvalue weighted by Gasteiger charge is 2.05. The first-order valence-electron chi connectivity index (χ1n) is 5.16. The van der Waals surface area contributed by atoms with E-state index in [1.807, 2.05) is 36.4 Å². The molecule has 0 spiro atoms. The maximum atomic E-state index is 11.0. The number of fused-ring (bicyclic) bond motifs is 1. The van der Waals surface area contributed by atoms with E-state index in [1.54, 1.807) is 13.0 Å². The molecular weight excluding hydrogens is 204 g/mol. The maximum Gasteiger partial charge on any atom is 0.355 e. The quantitative estimate of drug-likeness (QED) is 0.584. The monoisotopic (exact) mass is 216 g/mol. The fourth-order valence-electron chi connectivity index (χ4n) is 1.42. The zero-order chi connectivity index (χ0) is 11.4. The van der Waals surface area contributed by atoms with Crippen LogP contribution in [0.2, 0.25) is 0 Å². The molecule has 0 bridgehead atoms. The van der Waals surface area contributed by atoms with Crippen LogP contribution in [0.5, 0.6) is 5.75 Å². The SMILES string of the molecule is CCC(=O)OOc1cccc2ccccc12. The molecule has 0 fully saturated rings. The van der Waals surface area contributed by atoms with Crippen molar-refractivity contribution in [3.63, 3.8) is 0 Å². The van der Waals surface area contributed by atoms with E-state index in [1.165, 1.54) is 0 Å². The van der Waals surface area contributed by atoms with E-state index in [4.69, 9.17) is 4.89 Å². The Hall–Kier alpha value is -2.03. The minimum absolute atomic E-state index is 0.296. The summed E-state index contributed by atoms with van der Waals surface area (Å²) in [7, 11) is 0. The van der Waals surface area contributed by atoms with Gasteiger partial charge >= 0.3 is 5.97 Å². The Balaban J connectivity index is 2.27. The molecule has 3 nitrogen and oxygen atoms in total. The van der Waals surface area contributed by atoms with Gasteiger partial charge in [0.05, 0.1) is 0 Å². The van der Waals surface area contributed by atoms with Gasteiger partial charge in [0.2, 0.25) is 0 Å². The summed E-state index contributed by atoms with van der Waals surface area (Å²) in [4.78, 5) is 20.6. The van der Waals surface area contributed by atoms with Crippen LogP contribution in [0.4, 0.5) is 0 Å². The Kier molecular flexibility index (Phi) is 3.05. The molecule has 0 unspecified atom stereocenters. The average Bonchev–Trinajstić information content (AvgIpc) is 2.35. The highest BCUT2D eigenvalue weighted by Crippen LogP contribution is 2.25. The Labute approximate surface area is 93.5 Å². The third-order valence-electron chi connectivity index (χ3n) is 2.26. The van der Waals surface area contributed by atoms with Crippen molar-refractivity contribution >= 4 is 16.7 Å². The second kappa shape index (κ2) is 4.66. The summed E-state index contributed by atoms with van der Waals surface area (Å²) in [5.41, 5.74) is 0. The summed E-state index contributed by atoms with van der Waals surface area (Å²) in [6, 6.07) is 13.4. The lowest BCUT2D eigenvalue weighted by Crippen LogP contribution is -2.06. The average molecular weight is 216 g/mol. The van der Waals surface area contributed by atoms with Gasteiger partial charge in [-0.05, 0) is 11.5 Å². The number of rotatable bonds is 3. The summed E-state index contributed by atoms with van der Waals surface area (Å²) in [5, 5.41) is 1.97. The predicted molar refractivity (Wildman–Crippen MR) is 61.0 cm³/mol. The van der Waals surface area contributed by atoms with Gasteiger partial charge in [-0.3, -0.25) is 9.78 Å². The molecule has 2 aromatic rings. The van der Waals surface area contributed by atoms with Gasteiger partial charge in [0.15, 0.2) is 5.75 Å². The van der Waals surface area contributed by atoms with Gasteiger partial charge in [-0.15, -0.1) is 0 Å². The van der Waals surface area contributed by atoms with Gasteiger partial charge in [-0.2, -0.15) is 0 Å². The molecule has 0 heterocycles. The van der Waals surface area contributed by atoms with Gasteiger partial charge in [-0.1, -0.05) is 43.3 Å². The lowest BCUT2D eigenvalue weighted by atomic mass is 10.1. The van der Waals surface area contributed by atoms with Crippen molar-refractivity contribution < 1.29 is 14.6 Å². The summed E-state index contributed by atoms with van der Waals surface area (Å²) < 4.78 is 0. The number of benzene rings is 2. The molecule has 0 saturated heterocycles. The van der Waals surface area contributed by atoms with E-state index >= 15 is 0 Å².